The molecule has 3 heterocycles. The molecule has 0 bridgehead atoms. The Morgan fingerprint density at radius 2 is 1.90 bits per heavy atom. The summed E-state index contributed by atoms with van der Waals surface area (Å²) < 4.78 is 5.23. The van der Waals surface area contributed by atoms with E-state index in [0.717, 1.165) is 26.9 Å². The van der Waals surface area contributed by atoms with E-state index < -0.39 is 0 Å². The van der Waals surface area contributed by atoms with E-state index in [0.29, 0.717) is 5.69 Å². The molecule has 4 rings (SSSR count). The zero-order valence-electron chi connectivity index (χ0n) is 16.6. The maximum atomic E-state index is 12.9. The van der Waals surface area contributed by atoms with E-state index in [1.807, 2.05) is 54.8 Å². The van der Waals surface area contributed by atoms with Crippen molar-refractivity contribution in [3.05, 3.63) is 74.9 Å². The van der Waals surface area contributed by atoms with Crippen LogP contribution in [0.15, 0.2) is 47.4 Å². The maximum absolute atomic E-state index is 12.9. The highest BCUT2D eigenvalue weighted by Crippen LogP contribution is 2.21. The average molecular weight is 407 g/mol. The first kappa shape index (κ1) is 18.9. The predicted octanol–water partition coefficient (Wildman–Crippen LogP) is 3.46. The first-order chi connectivity index (χ1) is 13.9. The highest BCUT2D eigenvalue weighted by molar-refractivity contribution is 7.17. The van der Waals surface area contributed by atoms with Crippen LogP contribution in [0.3, 0.4) is 0 Å². The monoisotopic (exact) mass is 407 g/mol. The fourth-order valence-corrected chi connectivity index (χ4v) is 4.19. The molecule has 0 saturated heterocycles. The molecule has 0 unspecified atom stereocenters. The summed E-state index contributed by atoms with van der Waals surface area (Å²) in [6.45, 7) is 5.73. The van der Waals surface area contributed by atoms with E-state index in [1.165, 1.54) is 10.8 Å². The molecular weight excluding hydrogens is 386 g/mol. The SMILES string of the molecule is Cc1cn2c(/C=C/C(=O)Nc3c(C)n(C)n(-c4ccccc4)c3=O)c(C)nc2s1. The van der Waals surface area contributed by atoms with Crippen LogP contribution >= 0.6 is 11.3 Å². The Labute approximate surface area is 171 Å². The first-order valence-corrected chi connectivity index (χ1v) is 9.96. The summed E-state index contributed by atoms with van der Waals surface area (Å²) in [7, 11) is 1.79. The normalized spacial score (nSPS) is 11.6. The molecule has 0 radical (unpaired) electrons. The molecule has 0 fully saturated rings. The zero-order valence-corrected chi connectivity index (χ0v) is 17.4. The largest absolute Gasteiger partial charge is 0.316 e. The average Bonchev–Trinajstić information content (AvgIpc) is 3.25. The van der Waals surface area contributed by atoms with Crippen LogP contribution in [0, 0.1) is 20.8 Å². The van der Waals surface area contributed by atoms with Gasteiger partial charge in [0, 0.05) is 24.2 Å². The number of hydrogen-bond donors (Lipinski definition) is 1. The first-order valence-electron chi connectivity index (χ1n) is 9.15. The molecule has 1 amide bonds. The highest BCUT2D eigenvalue weighted by Gasteiger charge is 2.17. The third-order valence-corrected chi connectivity index (χ3v) is 5.76. The molecule has 1 aromatic carbocycles. The number of benzene rings is 1. The Morgan fingerprint density at radius 1 is 1.17 bits per heavy atom. The number of nitrogens with one attached hydrogen (secondary N) is 1. The summed E-state index contributed by atoms with van der Waals surface area (Å²) in [6, 6.07) is 9.33. The predicted molar refractivity (Wildman–Crippen MR) is 116 cm³/mol. The van der Waals surface area contributed by atoms with Crippen molar-refractivity contribution in [3.8, 4) is 5.69 Å². The number of carbonyl (C=O) groups excluding carboxylic acids is 1. The van der Waals surface area contributed by atoms with Gasteiger partial charge in [-0.1, -0.05) is 18.2 Å². The lowest BCUT2D eigenvalue weighted by molar-refractivity contribution is -0.111. The Kier molecular flexibility index (Phi) is 4.71. The Hall–Kier alpha value is -3.39. The molecule has 3 aromatic heterocycles. The van der Waals surface area contributed by atoms with Crippen LogP contribution in [0.2, 0.25) is 0 Å². The molecule has 0 saturated carbocycles. The van der Waals surface area contributed by atoms with E-state index in [9.17, 15) is 9.59 Å². The van der Waals surface area contributed by atoms with Crippen molar-refractivity contribution in [2.24, 2.45) is 7.05 Å². The van der Waals surface area contributed by atoms with Crippen molar-refractivity contribution in [2.45, 2.75) is 20.8 Å². The lowest BCUT2D eigenvalue weighted by Crippen LogP contribution is -2.22. The topological polar surface area (TPSA) is 73.3 Å². The summed E-state index contributed by atoms with van der Waals surface area (Å²) in [5.74, 6) is -0.364. The van der Waals surface area contributed by atoms with Crippen LogP contribution in [0.25, 0.3) is 16.7 Å². The van der Waals surface area contributed by atoms with Crippen molar-refractivity contribution in [2.75, 3.05) is 5.32 Å². The number of rotatable bonds is 4. The smallest absolute Gasteiger partial charge is 0.295 e. The number of para-hydroxylation sites is 1. The van der Waals surface area contributed by atoms with Crippen molar-refractivity contribution < 1.29 is 4.79 Å². The van der Waals surface area contributed by atoms with Gasteiger partial charge in [0.25, 0.3) is 5.56 Å². The van der Waals surface area contributed by atoms with Crippen molar-refractivity contribution >= 4 is 34.0 Å². The summed E-state index contributed by atoms with van der Waals surface area (Å²) in [6.07, 6.45) is 5.16. The molecule has 8 heteroatoms. The standard InChI is InChI=1S/C21H21N5O2S/c1-13-12-25-17(14(2)22-21(25)29-13)10-11-18(27)23-19-15(3)24(4)26(20(19)28)16-8-6-5-7-9-16/h5-12H,1-4H3,(H,23,27)/b11-10+. The van der Waals surface area contributed by atoms with Gasteiger partial charge < -0.3 is 5.32 Å². The number of thiazole rings is 1. The minimum absolute atomic E-state index is 0.269. The number of imidazole rings is 1. The number of hydrogen-bond acceptors (Lipinski definition) is 4. The second-order valence-electron chi connectivity index (χ2n) is 6.84. The van der Waals surface area contributed by atoms with E-state index >= 15 is 0 Å². The lowest BCUT2D eigenvalue weighted by Gasteiger charge is -2.07. The highest BCUT2D eigenvalue weighted by atomic mass is 32.1. The fourth-order valence-electron chi connectivity index (χ4n) is 3.31. The number of nitrogens with zero attached hydrogens (tertiary/aromatic N) is 4. The van der Waals surface area contributed by atoms with Crippen LogP contribution < -0.4 is 10.9 Å². The Balaban J connectivity index is 1.63. The van der Waals surface area contributed by atoms with Crippen LogP contribution in [-0.2, 0) is 11.8 Å². The molecule has 0 aliphatic heterocycles. The number of fused-ring (bicyclic) bond motifs is 1. The van der Waals surface area contributed by atoms with Crippen molar-refractivity contribution in [1.82, 2.24) is 18.7 Å². The molecule has 148 valence electrons. The maximum Gasteiger partial charge on any atom is 0.295 e. The van der Waals surface area contributed by atoms with Gasteiger partial charge in [-0.25, -0.2) is 9.67 Å². The second kappa shape index (κ2) is 7.21. The molecule has 0 spiro atoms. The van der Waals surface area contributed by atoms with Gasteiger partial charge in [0.15, 0.2) is 4.96 Å². The van der Waals surface area contributed by atoms with Crippen molar-refractivity contribution in [1.29, 1.82) is 0 Å². The number of anilines is 1. The van der Waals surface area contributed by atoms with Gasteiger partial charge in [0.05, 0.1) is 22.8 Å². The number of aryl methyl sites for hydroxylation is 2. The molecular formula is C21H21N5O2S. The van der Waals surface area contributed by atoms with Crippen LogP contribution in [0.5, 0.6) is 0 Å². The summed E-state index contributed by atoms with van der Waals surface area (Å²) in [4.78, 5) is 32.0. The van der Waals surface area contributed by atoms with E-state index in [1.54, 1.807) is 36.1 Å². The fraction of sp³-hybridized carbons (Fsp3) is 0.190. The van der Waals surface area contributed by atoms with Gasteiger partial charge >= 0.3 is 0 Å². The number of carbonyl (C=O) groups is 1. The molecule has 0 atom stereocenters. The molecule has 1 N–H and O–H groups in total. The molecule has 4 aromatic rings. The van der Waals surface area contributed by atoms with Crippen LogP contribution in [0.4, 0.5) is 5.69 Å². The quantitative estimate of drug-likeness (QED) is 0.527. The minimum atomic E-state index is -0.364. The molecule has 0 aliphatic carbocycles. The van der Waals surface area contributed by atoms with Gasteiger partial charge in [0.1, 0.15) is 5.69 Å². The molecule has 7 nitrogen and oxygen atoms in total. The molecule has 29 heavy (non-hydrogen) atoms. The summed E-state index contributed by atoms with van der Waals surface area (Å²) >= 11 is 1.60. The van der Waals surface area contributed by atoms with Gasteiger partial charge in [-0.15, -0.1) is 11.3 Å². The van der Waals surface area contributed by atoms with E-state index in [-0.39, 0.29) is 17.2 Å². The minimum Gasteiger partial charge on any atom is -0.316 e. The number of aromatic nitrogens is 4. The van der Waals surface area contributed by atoms with Gasteiger partial charge in [0.2, 0.25) is 5.91 Å². The third-order valence-electron chi connectivity index (χ3n) is 4.86. The molecule has 0 aliphatic rings. The van der Waals surface area contributed by atoms with Crippen molar-refractivity contribution in [3.63, 3.8) is 0 Å². The van der Waals surface area contributed by atoms with Crippen LogP contribution in [0.1, 0.15) is 22.0 Å². The summed E-state index contributed by atoms with van der Waals surface area (Å²) in [5.41, 5.74) is 3.12. The van der Waals surface area contributed by atoms with E-state index in [2.05, 4.69) is 10.3 Å². The van der Waals surface area contributed by atoms with Gasteiger partial charge in [-0.05, 0) is 39.0 Å². The lowest BCUT2D eigenvalue weighted by atomic mass is 10.3. The third kappa shape index (κ3) is 3.31. The van der Waals surface area contributed by atoms with Gasteiger partial charge in [-0.3, -0.25) is 18.7 Å². The Morgan fingerprint density at radius 3 is 2.62 bits per heavy atom. The second-order valence-corrected chi connectivity index (χ2v) is 8.05. The van der Waals surface area contributed by atoms with E-state index in [4.69, 9.17) is 0 Å². The van der Waals surface area contributed by atoms with Crippen LogP contribution in [-0.4, -0.2) is 24.7 Å². The Bertz CT molecular complexity index is 1300. The zero-order chi connectivity index (χ0) is 20.7. The number of amides is 1. The summed E-state index contributed by atoms with van der Waals surface area (Å²) in [5, 5.41) is 2.74. The van der Waals surface area contributed by atoms with Gasteiger partial charge in [-0.2, -0.15) is 0 Å².